The maximum atomic E-state index is 12.9. The predicted molar refractivity (Wildman–Crippen MR) is 98.8 cm³/mol. The molecule has 0 saturated carbocycles. The van der Waals surface area contributed by atoms with Crippen LogP contribution in [0.5, 0.6) is 5.75 Å². The van der Waals surface area contributed by atoms with Crippen molar-refractivity contribution < 1.29 is 19.4 Å². The van der Waals surface area contributed by atoms with Crippen molar-refractivity contribution in [3.05, 3.63) is 53.7 Å². The smallest absolute Gasteiger partial charge is 0.308 e. The Labute approximate surface area is 156 Å². The minimum absolute atomic E-state index is 0.179. The Morgan fingerprint density at radius 3 is 2.77 bits per heavy atom. The van der Waals surface area contributed by atoms with E-state index in [4.69, 9.17) is 4.74 Å². The van der Waals surface area contributed by atoms with E-state index >= 15 is 0 Å². The Kier molecular flexibility index (Phi) is 5.46. The zero-order valence-electron chi connectivity index (χ0n) is 14.6. The number of carbonyl (C=O) groups is 2. The molecule has 0 unspecified atom stereocenters. The van der Waals surface area contributed by atoms with Crippen molar-refractivity contribution in [1.29, 1.82) is 0 Å². The summed E-state index contributed by atoms with van der Waals surface area (Å²) >= 11 is 1.40. The standard InChI is InChI=1S/C19H20N2O4S/c1-25-13-6-3-5-12(9-13)15-10-21(11-16(15)19(23)24)18(22)14-7-4-8-20-17(14)26-2/h3-9,15-16H,10-11H2,1-2H3,(H,23,24)/t15-,16+/m0/s1. The van der Waals surface area contributed by atoms with Crippen LogP contribution in [0.4, 0.5) is 0 Å². The molecule has 7 heteroatoms. The maximum Gasteiger partial charge on any atom is 0.308 e. The van der Waals surface area contributed by atoms with E-state index in [9.17, 15) is 14.7 Å². The number of aliphatic carboxylic acids is 1. The van der Waals surface area contributed by atoms with Gasteiger partial charge in [-0.15, -0.1) is 11.8 Å². The predicted octanol–water partition coefficient (Wildman–Crippen LogP) is 2.75. The summed E-state index contributed by atoms with van der Waals surface area (Å²) in [4.78, 5) is 30.6. The molecule has 26 heavy (non-hydrogen) atoms. The Hall–Kier alpha value is -2.54. The molecule has 0 aliphatic carbocycles. The highest BCUT2D eigenvalue weighted by Gasteiger charge is 2.41. The number of amides is 1. The van der Waals surface area contributed by atoms with E-state index in [1.807, 2.05) is 30.5 Å². The van der Waals surface area contributed by atoms with E-state index in [0.717, 1.165) is 5.56 Å². The van der Waals surface area contributed by atoms with Crippen molar-refractivity contribution in [2.45, 2.75) is 10.9 Å². The maximum absolute atomic E-state index is 12.9. The lowest BCUT2D eigenvalue weighted by atomic mass is 9.89. The first-order valence-electron chi connectivity index (χ1n) is 8.20. The fraction of sp³-hybridized carbons (Fsp3) is 0.316. The van der Waals surface area contributed by atoms with Gasteiger partial charge in [0, 0.05) is 25.2 Å². The number of carboxylic acid groups (broad SMARTS) is 1. The molecule has 1 aliphatic heterocycles. The second-order valence-corrected chi connectivity index (χ2v) is 6.89. The molecule has 2 atom stereocenters. The Balaban J connectivity index is 1.89. The normalized spacial score (nSPS) is 19.4. The zero-order chi connectivity index (χ0) is 18.7. The first-order valence-corrected chi connectivity index (χ1v) is 9.42. The van der Waals surface area contributed by atoms with E-state index in [2.05, 4.69) is 4.98 Å². The van der Waals surface area contributed by atoms with E-state index in [1.54, 1.807) is 30.3 Å². The van der Waals surface area contributed by atoms with Gasteiger partial charge in [0.25, 0.3) is 5.91 Å². The number of pyridine rings is 1. The Morgan fingerprint density at radius 2 is 2.08 bits per heavy atom. The van der Waals surface area contributed by atoms with Gasteiger partial charge in [-0.25, -0.2) is 4.98 Å². The van der Waals surface area contributed by atoms with Gasteiger partial charge >= 0.3 is 5.97 Å². The van der Waals surface area contributed by atoms with Crippen LogP contribution in [0.3, 0.4) is 0 Å². The molecule has 1 fully saturated rings. The van der Waals surface area contributed by atoms with Gasteiger partial charge in [0.15, 0.2) is 0 Å². The van der Waals surface area contributed by atoms with Gasteiger partial charge < -0.3 is 14.7 Å². The zero-order valence-corrected chi connectivity index (χ0v) is 15.4. The summed E-state index contributed by atoms with van der Waals surface area (Å²) < 4.78 is 5.25. The van der Waals surface area contributed by atoms with E-state index in [1.165, 1.54) is 11.8 Å². The topological polar surface area (TPSA) is 79.7 Å². The highest BCUT2D eigenvalue weighted by molar-refractivity contribution is 7.98. The summed E-state index contributed by atoms with van der Waals surface area (Å²) in [6.45, 7) is 0.532. The Morgan fingerprint density at radius 1 is 1.27 bits per heavy atom. The first kappa shape index (κ1) is 18.3. The van der Waals surface area contributed by atoms with Crippen LogP contribution in [0.25, 0.3) is 0 Å². The number of nitrogens with zero attached hydrogens (tertiary/aromatic N) is 2. The van der Waals surface area contributed by atoms with Crippen LogP contribution >= 0.6 is 11.8 Å². The third-order valence-corrected chi connectivity index (χ3v) is 5.35. The largest absolute Gasteiger partial charge is 0.497 e. The molecule has 0 spiro atoms. The van der Waals surface area contributed by atoms with Gasteiger partial charge in [-0.1, -0.05) is 12.1 Å². The number of ether oxygens (including phenoxy) is 1. The van der Waals surface area contributed by atoms with Gasteiger partial charge in [0.1, 0.15) is 10.8 Å². The number of likely N-dealkylation sites (tertiary alicyclic amines) is 1. The van der Waals surface area contributed by atoms with Gasteiger partial charge in [-0.05, 0) is 36.1 Å². The third kappa shape index (κ3) is 3.53. The Bertz CT molecular complexity index is 827. The molecule has 3 rings (SSSR count). The summed E-state index contributed by atoms with van der Waals surface area (Å²) in [7, 11) is 1.57. The lowest BCUT2D eigenvalue weighted by Crippen LogP contribution is -2.30. The van der Waals surface area contributed by atoms with Crippen LogP contribution in [-0.2, 0) is 4.79 Å². The lowest BCUT2D eigenvalue weighted by Gasteiger charge is -2.18. The van der Waals surface area contributed by atoms with Crippen LogP contribution in [-0.4, -0.2) is 53.3 Å². The SMILES string of the molecule is COc1cccc([C@@H]2CN(C(=O)c3cccnc3SC)C[C@H]2C(=O)O)c1. The number of aromatic nitrogens is 1. The summed E-state index contributed by atoms with van der Waals surface area (Å²) in [5.41, 5.74) is 1.37. The highest BCUT2D eigenvalue weighted by atomic mass is 32.2. The van der Waals surface area contributed by atoms with Crippen LogP contribution in [0.15, 0.2) is 47.6 Å². The van der Waals surface area contributed by atoms with Crippen molar-refractivity contribution in [3.63, 3.8) is 0 Å². The molecule has 2 aromatic rings. The second kappa shape index (κ2) is 7.78. The molecule has 1 aromatic heterocycles. The van der Waals surface area contributed by atoms with Crippen molar-refractivity contribution in [2.24, 2.45) is 5.92 Å². The monoisotopic (exact) mass is 372 g/mol. The summed E-state index contributed by atoms with van der Waals surface area (Å²) in [6.07, 6.45) is 3.51. The number of rotatable bonds is 5. The minimum atomic E-state index is -0.899. The van der Waals surface area contributed by atoms with Gasteiger partial charge in [0.05, 0.1) is 18.6 Å². The molecular weight excluding hydrogens is 352 g/mol. The van der Waals surface area contributed by atoms with Crippen LogP contribution in [0.1, 0.15) is 21.8 Å². The molecule has 136 valence electrons. The van der Waals surface area contributed by atoms with E-state index in [-0.39, 0.29) is 18.4 Å². The quantitative estimate of drug-likeness (QED) is 0.813. The molecule has 6 nitrogen and oxygen atoms in total. The fourth-order valence-electron chi connectivity index (χ4n) is 3.32. The van der Waals surface area contributed by atoms with Crippen molar-refractivity contribution in [3.8, 4) is 5.75 Å². The third-order valence-electron chi connectivity index (χ3n) is 4.64. The van der Waals surface area contributed by atoms with Crippen molar-refractivity contribution in [1.82, 2.24) is 9.88 Å². The number of carboxylic acids is 1. The molecule has 1 saturated heterocycles. The average molecular weight is 372 g/mol. The number of methoxy groups -OCH3 is 1. The molecular formula is C19H20N2O4S. The number of carbonyl (C=O) groups excluding carboxylic acids is 1. The van der Waals surface area contributed by atoms with Gasteiger partial charge in [0.2, 0.25) is 0 Å². The van der Waals surface area contributed by atoms with Crippen molar-refractivity contribution >= 4 is 23.6 Å². The van der Waals surface area contributed by atoms with Gasteiger partial charge in [-0.3, -0.25) is 9.59 Å². The molecule has 1 N–H and O–H groups in total. The van der Waals surface area contributed by atoms with E-state index < -0.39 is 11.9 Å². The fourth-order valence-corrected chi connectivity index (χ4v) is 3.86. The van der Waals surface area contributed by atoms with E-state index in [0.29, 0.717) is 22.9 Å². The van der Waals surface area contributed by atoms with Crippen LogP contribution in [0, 0.1) is 5.92 Å². The second-order valence-electron chi connectivity index (χ2n) is 6.10. The molecule has 0 radical (unpaired) electrons. The number of benzene rings is 1. The number of thioether (sulfide) groups is 1. The summed E-state index contributed by atoms with van der Waals surface area (Å²) in [6, 6.07) is 10.8. The van der Waals surface area contributed by atoms with Crippen molar-refractivity contribution in [2.75, 3.05) is 26.5 Å². The average Bonchev–Trinajstić information content (AvgIpc) is 3.13. The summed E-state index contributed by atoms with van der Waals surface area (Å²) in [5, 5.41) is 10.3. The van der Waals surface area contributed by atoms with Crippen LogP contribution < -0.4 is 4.74 Å². The molecule has 0 bridgehead atoms. The minimum Gasteiger partial charge on any atom is -0.497 e. The van der Waals surface area contributed by atoms with Crippen LogP contribution in [0.2, 0.25) is 0 Å². The molecule has 2 heterocycles. The lowest BCUT2D eigenvalue weighted by molar-refractivity contribution is -0.141. The van der Waals surface area contributed by atoms with Gasteiger partial charge in [-0.2, -0.15) is 0 Å². The highest BCUT2D eigenvalue weighted by Crippen LogP contribution is 2.35. The molecule has 1 amide bonds. The number of hydrogen-bond donors (Lipinski definition) is 1. The summed E-state index contributed by atoms with van der Waals surface area (Å²) in [5.74, 6) is -1.33. The molecule has 1 aliphatic rings. The molecule has 1 aromatic carbocycles. The number of hydrogen-bond acceptors (Lipinski definition) is 5. The first-order chi connectivity index (χ1) is 12.5.